The van der Waals surface area contributed by atoms with Gasteiger partial charge in [-0.05, 0) is 49.9 Å². The number of hydrogen-bond acceptors (Lipinski definition) is 1. The van der Waals surface area contributed by atoms with Gasteiger partial charge in [-0.15, -0.1) is 12.4 Å². The molecule has 4 aliphatic carbocycles. The van der Waals surface area contributed by atoms with E-state index in [0.717, 1.165) is 17.8 Å². The summed E-state index contributed by atoms with van der Waals surface area (Å²) in [5.74, 6) is 2.99. The molecule has 1 nitrogen and oxygen atoms in total. The second-order valence-electron chi connectivity index (χ2n) is 4.78. The molecule has 4 rings (SSSR count). The summed E-state index contributed by atoms with van der Waals surface area (Å²) < 4.78 is 0. The number of hydrogen-bond donors (Lipinski definition) is 1. The zero-order chi connectivity index (χ0) is 6.77. The van der Waals surface area contributed by atoms with Crippen molar-refractivity contribution in [3.63, 3.8) is 0 Å². The van der Waals surface area contributed by atoms with Crippen LogP contribution < -0.4 is 5.73 Å². The highest BCUT2D eigenvalue weighted by atomic mass is 35.5. The van der Waals surface area contributed by atoms with Crippen LogP contribution in [0.2, 0.25) is 0 Å². The van der Waals surface area contributed by atoms with E-state index < -0.39 is 0 Å². The predicted molar refractivity (Wildman–Crippen MR) is 47.7 cm³/mol. The molecule has 0 aromatic heterocycles. The lowest BCUT2D eigenvalue weighted by Gasteiger charge is -2.28. The van der Waals surface area contributed by atoms with E-state index >= 15 is 0 Å². The summed E-state index contributed by atoms with van der Waals surface area (Å²) in [7, 11) is 0. The Morgan fingerprint density at radius 2 is 1.55 bits per heavy atom. The van der Waals surface area contributed by atoms with Gasteiger partial charge >= 0.3 is 0 Å². The molecule has 2 heteroatoms. The molecule has 4 aliphatic rings. The zero-order valence-electron chi connectivity index (χ0n) is 6.75. The molecule has 0 radical (unpaired) electrons. The summed E-state index contributed by atoms with van der Waals surface area (Å²) >= 11 is 0. The fourth-order valence-corrected chi connectivity index (χ4v) is 3.86. The fraction of sp³-hybridized carbons (Fsp3) is 1.00. The molecule has 4 fully saturated rings. The van der Waals surface area contributed by atoms with Crippen molar-refractivity contribution in [3.05, 3.63) is 0 Å². The first-order chi connectivity index (χ1) is 4.76. The quantitative estimate of drug-likeness (QED) is 0.596. The van der Waals surface area contributed by atoms with Crippen molar-refractivity contribution in [1.29, 1.82) is 0 Å². The van der Waals surface area contributed by atoms with Gasteiger partial charge in [0.05, 0.1) is 0 Å². The smallest absolute Gasteiger partial charge is 0.0188 e. The largest absolute Gasteiger partial charge is 0.325 e. The van der Waals surface area contributed by atoms with Crippen molar-refractivity contribution in [3.8, 4) is 0 Å². The van der Waals surface area contributed by atoms with Gasteiger partial charge in [0.2, 0.25) is 0 Å². The summed E-state index contributed by atoms with van der Waals surface area (Å²) in [6.45, 7) is 0. The van der Waals surface area contributed by atoms with Gasteiger partial charge in [-0.2, -0.15) is 0 Å². The molecule has 2 unspecified atom stereocenters. The Kier molecular flexibility index (Phi) is 1.53. The normalized spacial score (nSPS) is 58.1. The standard InChI is InChI=1S/C9H15N.ClH/c10-9-4-6-1-7(5-9)3-8(9)2-6;/h6-8H,1-5,10H2;1H/t6-,7+,8?,9?;. The van der Waals surface area contributed by atoms with Crippen LogP contribution in [0.25, 0.3) is 0 Å². The average Bonchev–Trinajstić information content (AvgIpc) is 2.14. The van der Waals surface area contributed by atoms with Crippen LogP contribution >= 0.6 is 12.4 Å². The summed E-state index contributed by atoms with van der Waals surface area (Å²) in [4.78, 5) is 0. The van der Waals surface area contributed by atoms with Crippen LogP contribution in [0.15, 0.2) is 0 Å². The molecule has 0 heterocycles. The van der Waals surface area contributed by atoms with Crippen LogP contribution in [-0.2, 0) is 0 Å². The molecule has 0 aliphatic heterocycles. The van der Waals surface area contributed by atoms with Gasteiger partial charge in [0, 0.05) is 5.54 Å². The highest BCUT2D eigenvalue weighted by Gasteiger charge is 2.55. The van der Waals surface area contributed by atoms with Gasteiger partial charge in [-0.1, -0.05) is 0 Å². The molecule has 0 spiro atoms. The molecule has 2 N–H and O–H groups in total. The summed E-state index contributed by atoms with van der Waals surface area (Å²) in [6, 6.07) is 0. The first kappa shape index (κ1) is 7.88. The Hall–Kier alpha value is 0.250. The van der Waals surface area contributed by atoms with Gasteiger partial charge in [-0.25, -0.2) is 0 Å². The van der Waals surface area contributed by atoms with Gasteiger partial charge in [0.1, 0.15) is 0 Å². The van der Waals surface area contributed by atoms with Crippen LogP contribution in [-0.4, -0.2) is 5.54 Å². The van der Waals surface area contributed by atoms with Crippen molar-refractivity contribution < 1.29 is 0 Å². The minimum Gasteiger partial charge on any atom is -0.325 e. The highest BCUT2D eigenvalue weighted by Crippen LogP contribution is 2.58. The van der Waals surface area contributed by atoms with E-state index in [1.54, 1.807) is 0 Å². The molecular weight excluding hydrogens is 158 g/mol. The summed E-state index contributed by atoms with van der Waals surface area (Å²) in [6.07, 6.45) is 7.15. The fourth-order valence-electron chi connectivity index (χ4n) is 3.86. The molecule has 11 heavy (non-hydrogen) atoms. The van der Waals surface area contributed by atoms with Crippen LogP contribution in [0.3, 0.4) is 0 Å². The first-order valence-corrected chi connectivity index (χ1v) is 4.55. The number of halogens is 1. The van der Waals surface area contributed by atoms with E-state index in [-0.39, 0.29) is 12.4 Å². The first-order valence-electron chi connectivity index (χ1n) is 4.55. The lowest BCUT2D eigenvalue weighted by Crippen LogP contribution is -2.40. The predicted octanol–water partition coefficient (Wildman–Crippen LogP) is 1.95. The SMILES string of the molecule is Cl.NC12C[C@@H]3CC1C[C@@H](C3)C2. The van der Waals surface area contributed by atoms with Crippen LogP contribution in [0.4, 0.5) is 0 Å². The second kappa shape index (κ2) is 2.14. The Labute approximate surface area is 74.1 Å². The highest BCUT2D eigenvalue weighted by molar-refractivity contribution is 5.85. The van der Waals surface area contributed by atoms with Crippen molar-refractivity contribution in [2.45, 2.75) is 37.6 Å². The van der Waals surface area contributed by atoms with Crippen molar-refractivity contribution in [2.75, 3.05) is 0 Å². The van der Waals surface area contributed by atoms with Crippen molar-refractivity contribution in [2.24, 2.45) is 23.5 Å². The number of nitrogens with two attached hydrogens (primary N) is 1. The Morgan fingerprint density at radius 3 is 1.91 bits per heavy atom. The molecule has 0 aromatic rings. The maximum absolute atomic E-state index is 6.29. The minimum absolute atomic E-state index is 0. The maximum Gasteiger partial charge on any atom is 0.0188 e. The Morgan fingerprint density at radius 1 is 1.00 bits per heavy atom. The third-order valence-corrected chi connectivity index (χ3v) is 4.05. The molecular formula is C9H16ClN. The lowest BCUT2D eigenvalue weighted by atomic mass is 9.81. The maximum atomic E-state index is 6.29. The molecule has 4 bridgehead atoms. The van der Waals surface area contributed by atoms with E-state index in [9.17, 15) is 0 Å². The van der Waals surface area contributed by atoms with Crippen LogP contribution in [0.5, 0.6) is 0 Å². The molecule has 0 saturated heterocycles. The topological polar surface area (TPSA) is 26.0 Å². The number of rotatable bonds is 0. The average molecular weight is 174 g/mol. The molecule has 0 amide bonds. The Bertz CT molecular complexity index is 166. The van der Waals surface area contributed by atoms with Crippen LogP contribution in [0, 0.1) is 17.8 Å². The van der Waals surface area contributed by atoms with E-state index in [0.29, 0.717) is 5.54 Å². The van der Waals surface area contributed by atoms with Gasteiger partial charge in [0.25, 0.3) is 0 Å². The van der Waals surface area contributed by atoms with E-state index in [2.05, 4.69) is 0 Å². The van der Waals surface area contributed by atoms with Crippen molar-refractivity contribution in [1.82, 2.24) is 0 Å². The summed E-state index contributed by atoms with van der Waals surface area (Å²) in [5.41, 5.74) is 6.61. The Balaban J connectivity index is 0.000000480. The minimum atomic E-state index is 0. The van der Waals surface area contributed by atoms with Crippen LogP contribution in [0.1, 0.15) is 32.1 Å². The van der Waals surface area contributed by atoms with Gasteiger partial charge in [-0.3, -0.25) is 0 Å². The monoisotopic (exact) mass is 173 g/mol. The third kappa shape index (κ3) is 0.874. The van der Waals surface area contributed by atoms with E-state index in [4.69, 9.17) is 5.73 Å². The second-order valence-corrected chi connectivity index (χ2v) is 4.78. The molecule has 4 atom stereocenters. The van der Waals surface area contributed by atoms with Gasteiger partial charge in [0.15, 0.2) is 0 Å². The lowest BCUT2D eigenvalue weighted by molar-refractivity contribution is 0.268. The van der Waals surface area contributed by atoms with Gasteiger partial charge < -0.3 is 5.73 Å². The summed E-state index contributed by atoms with van der Waals surface area (Å²) in [5, 5.41) is 0. The molecule has 64 valence electrons. The zero-order valence-corrected chi connectivity index (χ0v) is 7.57. The van der Waals surface area contributed by atoms with Crippen molar-refractivity contribution >= 4 is 12.4 Å². The molecule has 0 aromatic carbocycles. The third-order valence-electron chi connectivity index (χ3n) is 4.05. The van der Waals surface area contributed by atoms with E-state index in [1.807, 2.05) is 0 Å². The molecule has 4 saturated carbocycles. The van der Waals surface area contributed by atoms with E-state index in [1.165, 1.54) is 32.1 Å².